The lowest BCUT2D eigenvalue weighted by Gasteiger charge is -2.33. The maximum atomic E-state index is 2.77. The van der Waals surface area contributed by atoms with Crippen molar-refractivity contribution in [2.75, 3.05) is 20.6 Å². The molecular formula is C25H40N2S. The molecule has 0 N–H and O–H groups in total. The van der Waals surface area contributed by atoms with E-state index in [0.29, 0.717) is 10.8 Å². The molecule has 0 bridgehead atoms. The molecule has 1 saturated heterocycles. The van der Waals surface area contributed by atoms with E-state index < -0.39 is 0 Å². The number of hydrogen-bond donors (Lipinski definition) is 0. The topological polar surface area (TPSA) is 6.48 Å². The van der Waals surface area contributed by atoms with Crippen LogP contribution in [0.2, 0.25) is 0 Å². The van der Waals surface area contributed by atoms with E-state index in [1.54, 1.807) is 5.57 Å². The molecule has 28 heavy (non-hydrogen) atoms. The summed E-state index contributed by atoms with van der Waals surface area (Å²) < 4.78 is 0. The Balaban J connectivity index is 1.80. The van der Waals surface area contributed by atoms with Gasteiger partial charge in [-0.2, -0.15) is 0 Å². The Bertz CT molecular complexity index is 668. The van der Waals surface area contributed by atoms with Crippen LogP contribution in [0.1, 0.15) is 66.2 Å². The van der Waals surface area contributed by atoms with Crippen molar-refractivity contribution in [3.8, 4) is 0 Å². The summed E-state index contributed by atoms with van der Waals surface area (Å²) in [5.74, 6) is 0. The van der Waals surface area contributed by atoms with Crippen molar-refractivity contribution in [2.24, 2.45) is 5.41 Å². The first-order valence-corrected chi connectivity index (χ1v) is 12.1. The van der Waals surface area contributed by atoms with Gasteiger partial charge < -0.3 is 4.90 Å². The summed E-state index contributed by atoms with van der Waals surface area (Å²) in [6.45, 7) is 10.5. The zero-order valence-electron chi connectivity index (χ0n) is 18.9. The van der Waals surface area contributed by atoms with Gasteiger partial charge >= 0.3 is 0 Å². The summed E-state index contributed by atoms with van der Waals surface area (Å²) in [6, 6.07) is 0.810. The van der Waals surface area contributed by atoms with Gasteiger partial charge in [0.15, 0.2) is 0 Å². The molecule has 3 unspecified atom stereocenters. The number of fused-ring (bicyclic) bond motifs is 1. The minimum Gasteiger partial charge on any atom is -0.383 e. The highest BCUT2D eigenvalue weighted by atomic mass is 32.2. The van der Waals surface area contributed by atoms with Crippen LogP contribution in [0.5, 0.6) is 0 Å². The highest BCUT2D eigenvalue weighted by molar-refractivity contribution is 8.00. The van der Waals surface area contributed by atoms with Gasteiger partial charge in [-0.05, 0) is 61.3 Å². The summed E-state index contributed by atoms with van der Waals surface area (Å²) in [5.41, 5.74) is 4.65. The fraction of sp³-hybridized carbons (Fsp3) is 0.680. The summed E-state index contributed by atoms with van der Waals surface area (Å²) in [7, 11) is 4.16. The molecule has 3 aliphatic rings. The Kier molecular flexibility index (Phi) is 7.20. The molecule has 3 heteroatoms. The predicted molar refractivity (Wildman–Crippen MR) is 126 cm³/mol. The van der Waals surface area contributed by atoms with Crippen LogP contribution >= 0.6 is 11.8 Å². The van der Waals surface area contributed by atoms with Gasteiger partial charge in [-0.25, -0.2) is 0 Å². The van der Waals surface area contributed by atoms with E-state index in [-0.39, 0.29) is 0 Å². The summed E-state index contributed by atoms with van der Waals surface area (Å²) in [5, 5.41) is 1.42. The molecule has 0 aromatic rings. The summed E-state index contributed by atoms with van der Waals surface area (Å²) in [6.07, 6.45) is 19.9. The smallest absolute Gasteiger partial charge is 0.0755 e. The second-order valence-electron chi connectivity index (χ2n) is 9.90. The lowest BCUT2D eigenvalue weighted by Crippen LogP contribution is -2.39. The lowest BCUT2D eigenvalue weighted by molar-refractivity contribution is 0.193. The molecule has 3 atom stereocenters. The van der Waals surface area contributed by atoms with Crippen LogP contribution in [0.3, 0.4) is 0 Å². The molecule has 0 aromatic heterocycles. The molecule has 2 nitrogen and oxygen atoms in total. The highest BCUT2D eigenvalue weighted by Crippen LogP contribution is 2.45. The standard InChI is InChI=1S/C25H40N2S/c1-7-27-22-10-8-9-11-23(22)28-24(27)15-21-14-20(16-25(3,4)17-21)13-12-19(2)18-26(5)6/h12-15,18,22-24H,7-11,16-17H2,1-6H3/b13-12+,19-18-,21-15-. The first-order chi connectivity index (χ1) is 13.3. The normalized spacial score (nSPS) is 32.6. The number of rotatable bonds is 5. The van der Waals surface area contributed by atoms with Gasteiger partial charge in [0.1, 0.15) is 0 Å². The highest BCUT2D eigenvalue weighted by Gasteiger charge is 2.41. The van der Waals surface area contributed by atoms with Gasteiger partial charge in [0.25, 0.3) is 0 Å². The zero-order chi connectivity index (χ0) is 20.3. The lowest BCUT2D eigenvalue weighted by atomic mass is 9.75. The zero-order valence-corrected chi connectivity index (χ0v) is 19.7. The van der Waals surface area contributed by atoms with E-state index in [2.05, 4.69) is 93.9 Å². The van der Waals surface area contributed by atoms with E-state index >= 15 is 0 Å². The van der Waals surface area contributed by atoms with Crippen LogP contribution in [0.15, 0.2) is 47.2 Å². The quantitative estimate of drug-likeness (QED) is 0.494. The van der Waals surface area contributed by atoms with Crippen LogP contribution in [0, 0.1) is 5.41 Å². The molecule has 156 valence electrons. The van der Waals surface area contributed by atoms with E-state index in [1.807, 2.05) is 0 Å². The summed E-state index contributed by atoms with van der Waals surface area (Å²) in [4.78, 5) is 4.89. The number of thioether (sulfide) groups is 1. The number of nitrogens with zero attached hydrogens (tertiary/aromatic N) is 2. The molecule has 0 aromatic carbocycles. The Morgan fingerprint density at radius 2 is 2.00 bits per heavy atom. The Morgan fingerprint density at radius 1 is 1.25 bits per heavy atom. The van der Waals surface area contributed by atoms with E-state index in [9.17, 15) is 0 Å². The second-order valence-corrected chi connectivity index (χ2v) is 11.3. The average molecular weight is 401 g/mol. The predicted octanol–water partition coefficient (Wildman–Crippen LogP) is 6.39. The van der Waals surface area contributed by atoms with Crippen LogP contribution < -0.4 is 0 Å². The van der Waals surface area contributed by atoms with Crippen molar-refractivity contribution in [3.05, 3.63) is 47.2 Å². The van der Waals surface area contributed by atoms with Crippen LogP contribution in [0.25, 0.3) is 0 Å². The average Bonchev–Trinajstić information content (AvgIpc) is 2.95. The molecule has 1 saturated carbocycles. The van der Waals surface area contributed by atoms with Crippen molar-refractivity contribution in [1.82, 2.24) is 9.80 Å². The van der Waals surface area contributed by atoms with Crippen LogP contribution in [-0.4, -0.2) is 47.1 Å². The van der Waals surface area contributed by atoms with Crippen molar-refractivity contribution < 1.29 is 0 Å². The minimum atomic E-state index is 0.340. The number of likely N-dealkylation sites (N-methyl/N-ethyl adjacent to an activating group) is 1. The van der Waals surface area contributed by atoms with Gasteiger partial charge in [-0.15, -0.1) is 11.8 Å². The maximum Gasteiger partial charge on any atom is 0.0755 e. The molecule has 2 fully saturated rings. The molecule has 0 radical (unpaired) electrons. The molecule has 2 aliphatic carbocycles. The number of allylic oxidation sites excluding steroid dienone is 6. The fourth-order valence-electron chi connectivity index (χ4n) is 5.20. The first-order valence-electron chi connectivity index (χ1n) is 11.1. The van der Waals surface area contributed by atoms with Crippen molar-refractivity contribution in [2.45, 2.75) is 82.9 Å². The van der Waals surface area contributed by atoms with Crippen molar-refractivity contribution >= 4 is 11.8 Å². The summed E-state index contributed by atoms with van der Waals surface area (Å²) >= 11 is 2.23. The van der Waals surface area contributed by atoms with E-state index in [1.165, 1.54) is 49.8 Å². The Morgan fingerprint density at radius 3 is 2.71 bits per heavy atom. The van der Waals surface area contributed by atoms with Gasteiger partial charge in [0.2, 0.25) is 0 Å². The molecule has 1 heterocycles. The van der Waals surface area contributed by atoms with Gasteiger partial charge in [-0.3, -0.25) is 4.90 Å². The molecule has 1 aliphatic heterocycles. The van der Waals surface area contributed by atoms with Gasteiger partial charge in [0.05, 0.1) is 5.37 Å². The van der Waals surface area contributed by atoms with Crippen LogP contribution in [0.4, 0.5) is 0 Å². The molecule has 0 amide bonds. The number of hydrogen-bond acceptors (Lipinski definition) is 3. The second kappa shape index (κ2) is 9.26. The Hall–Kier alpha value is -0.930. The van der Waals surface area contributed by atoms with E-state index in [0.717, 1.165) is 17.7 Å². The van der Waals surface area contributed by atoms with Crippen molar-refractivity contribution in [1.29, 1.82) is 0 Å². The van der Waals surface area contributed by atoms with Gasteiger partial charge in [-0.1, -0.05) is 57.9 Å². The van der Waals surface area contributed by atoms with E-state index in [4.69, 9.17) is 0 Å². The Labute approximate surface area is 177 Å². The third-order valence-corrected chi connectivity index (χ3v) is 7.80. The van der Waals surface area contributed by atoms with Crippen molar-refractivity contribution in [3.63, 3.8) is 0 Å². The first kappa shape index (κ1) is 21.8. The van der Waals surface area contributed by atoms with Crippen LogP contribution in [-0.2, 0) is 0 Å². The largest absolute Gasteiger partial charge is 0.383 e. The fourth-order valence-corrected chi connectivity index (χ4v) is 7.05. The monoisotopic (exact) mass is 400 g/mol. The molecular weight excluding hydrogens is 360 g/mol. The third-order valence-electron chi connectivity index (χ3n) is 6.21. The molecule has 0 spiro atoms. The SMILES string of the molecule is CCN1C(/C=C2C=C(/C=C/C(C)=C\N(C)C)CC(C)(C)C/2)SC2CCCCC21. The minimum absolute atomic E-state index is 0.340. The maximum absolute atomic E-state index is 2.77. The van der Waals surface area contributed by atoms with Gasteiger partial charge in [0, 0.05) is 31.6 Å². The third kappa shape index (κ3) is 5.57. The molecule has 3 rings (SSSR count).